The Morgan fingerprint density at radius 2 is 1.84 bits per heavy atom. The first kappa shape index (κ1) is 20.5. The highest BCUT2D eigenvalue weighted by Crippen LogP contribution is 2.31. The Labute approximate surface area is 185 Å². The number of fused-ring (bicyclic) bond motifs is 1. The van der Waals surface area contributed by atoms with Crippen molar-refractivity contribution in [3.8, 4) is 11.3 Å². The number of nitrogens with two attached hydrogens (primary N) is 1. The number of benzene rings is 1. The zero-order valence-corrected chi connectivity index (χ0v) is 17.8. The molecule has 2 aliphatic rings. The summed E-state index contributed by atoms with van der Waals surface area (Å²) < 4.78 is 11.0. The smallest absolute Gasteiger partial charge is 0.228 e. The van der Waals surface area contributed by atoms with Crippen molar-refractivity contribution < 1.29 is 9.47 Å². The minimum Gasteiger partial charge on any atom is -0.381 e. The van der Waals surface area contributed by atoms with Crippen LogP contribution in [-0.2, 0) is 9.47 Å². The maximum atomic E-state index is 8.15. The maximum absolute atomic E-state index is 8.15. The molecule has 0 aliphatic carbocycles. The van der Waals surface area contributed by atoms with Crippen molar-refractivity contribution in [2.75, 3.05) is 55.5 Å². The SMILES string of the molecule is N=Cc1c(NC2CCOCC2)nc(N2CCOCC2)nc1-c1ccc2nc(N)ncc2c1. The van der Waals surface area contributed by atoms with Crippen molar-refractivity contribution in [2.24, 2.45) is 0 Å². The number of nitrogens with zero attached hydrogens (tertiary/aromatic N) is 5. The molecular formula is C22H26N8O2. The summed E-state index contributed by atoms with van der Waals surface area (Å²) in [4.78, 5) is 20.3. The highest BCUT2D eigenvalue weighted by atomic mass is 16.5. The van der Waals surface area contributed by atoms with E-state index in [2.05, 4.69) is 20.2 Å². The monoisotopic (exact) mass is 434 g/mol. The summed E-state index contributed by atoms with van der Waals surface area (Å²) in [5.41, 5.74) is 8.72. The lowest BCUT2D eigenvalue weighted by Gasteiger charge is -2.29. The van der Waals surface area contributed by atoms with Gasteiger partial charge in [-0.15, -0.1) is 0 Å². The molecule has 0 bridgehead atoms. The van der Waals surface area contributed by atoms with Crippen LogP contribution < -0.4 is 16.0 Å². The van der Waals surface area contributed by atoms with Crippen LogP contribution in [0, 0.1) is 5.41 Å². The molecular weight excluding hydrogens is 408 g/mol. The first-order chi connectivity index (χ1) is 15.7. The third-order valence-corrected chi connectivity index (χ3v) is 5.81. The van der Waals surface area contributed by atoms with Gasteiger partial charge in [-0.2, -0.15) is 4.98 Å². The number of nitrogens with one attached hydrogen (secondary N) is 2. The Morgan fingerprint density at radius 1 is 1.06 bits per heavy atom. The summed E-state index contributed by atoms with van der Waals surface area (Å²) in [5, 5.41) is 12.6. The molecule has 0 atom stereocenters. The predicted octanol–water partition coefficient (Wildman–Crippen LogP) is 2.09. The van der Waals surface area contributed by atoms with Crippen molar-refractivity contribution in [3.63, 3.8) is 0 Å². The number of morpholine rings is 1. The lowest BCUT2D eigenvalue weighted by molar-refractivity contribution is 0.0904. The molecule has 0 radical (unpaired) electrons. The third-order valence-electron chi connectivity index (χ3n) is 5.81. The second kappa shape index (κ2) is 9.01. The quantitative estimate of drug-likeness (QED) is 0.516. The standard InChI is InChI=1S/C22H26N8O2/c23-12-17-19(14-1-2-18-15(11-14)13-25-21(24)27-18)28-22(30-5-9-32-10-6-30)29-20(17)26-16-3-7-31-8-4-16/h1-2,11-13,16,23H,3-10H2,(H2,24,25,27)(H,26,28,29). The van der Waals surface area contributed by atoms with E-state index in [4.69, 9.17) is 30.6 Å². The van der Waals surface area contributed by atoms with E-state index < -0.39 is 0 Å². The number of anilines is 3. The van der Waals surface area contributed by atoms with Gasteiger partial charge < -0.3 is 30.8 Å². The van der Waals surface area contributed by atoms with E-state index in [-0.39, 0.29) is 12.0 Å². The van der Waals surface area contributed by atoms with Gasteiger partial charge in [0.2, 0.25) is 11.9 Å². The van der Waals surface area contributed by atoms with E-state index in [9.17, 15) is 0 Å². The van der Waals surface area contributed by atoms with Gasteiger partial charge in [-0.1, -0.05) is 6.07 Å². The van der Waals surface area contributed by atoms with E-state index in [1.54, 1.807) is 6.20 Å². The molecule has 4 heterocycles. The number of hydrogen-bond acceptors (Lipinski definition) is 10. The lowest BCUT2D eigenvalue weighted by atomic mass is 10.0. The largest absolute Gasteiger partial charge is 0.381 e. The zero-order chi connectivity index (χ0) is 21.9. The van der Waals surface area contributed by atoms with Crippen LogP contribution in [0.25, 0.3) is 22.2 Å². The van der Waals surface area contributed by atoms with Crippen LogP contribution >= 0.6 is 0 Å². The average molecular weight is 435 g/mol. The minimum atomic E-state index is 0.241. The Bertz CT molecular complexity index is 1130. The molecule has 4 N–H and O–H groups in total. The van der Waals surface area contributed by atoms with Crippen molar-refractivity contribution >= 4 is 34.8 Å². The second-order valence-electron chi connectivity index (χ2n) is 7.91. The topological polar surface area (TPSA) is 135 Å². The van der Waals surface area contributed by atoms with Crippen molar-refractivity contribution in [1.82, 2.24) is 19.9 Å². The molecule has 0 spiro atoms. The molecule has 2 aromatic heterocycles. The molecule has 0 amide bonds. The van der Waals surface area contributed by atoms with Crippen LogP contribution in [0.3, 0.4) is 0 Å². The van der Waals surface area contributed by atoms with E-state index in [1.807, 2.05) is 18.2 Å². The fourth-order valence-corrected chi connectivity index (χ4v) is 4.06. The zero-order valence-electron chi connectivity index (χ0n) is 17.8. The first-order valence-corrected chi connectivity index (χ1v) is 10.8. The molecule has 0 saturated carbocycles. The van der Waals surface area contributed by atoms with Gasteiger partial charge in [-0.05, 0) is 25.0 Å². The number of rotatable bonds is 5. The van der Waals surface area contributed by atoms with Crippen molar-refractivity contribution in [1.29, 1.82) is 5.41 Å². The van der Waals surface area contributed by atoms with Crippen LogP contribution in [0.4, 0.5) is 17.7 Å². The number of nitrogen functional groups attached to an aromatic ring is 1. The second-order valence-corrected chi connectivity index (χ2v) is 7.91. The fraction of sp³-hybridized carbons (Fsp3) is 0.409. The van der Waals surface area contributed by atoms with E-state index >= 15 is 0 Å². The first-order valence-electron chi connectivity index (χ1n) is 10.8. The highest BCUT2D eigenvalue weighted by molar-refractivity contribution is 5.95. The molecule has 2 saturated heterocycles. The van der Waals surface area contributed by atoms with Gasteiger partial charge in [0.05, 0.1) is 30.0 Å². The van der Waals surface area contributed by atoms with E-state index in [0.29, 0.717) is 36.2 Å². The van der Waals surface area contributed by atoms with Gasteiger partial charge in [0.1, 0.15) is 5.82 Å². The molecule has 3 aromatic rings. The summed E-state index contributed by atoms with van der Waals surface area (Å²) in [6.07, 6.45) is 4.83. The summed E-state index contributed by atoms with van der Waals surface area (Å²) in [5.74, 6) is 1.55. The summed E-state index contributed by atoms with van der Waals surface area (Å²) in [6, 6.07) is 6.07. The van der Waals surface area contributed by atoms with Crippen LogP contribution in [0.2, 0.25) is 0 Å². The summed E-state index contributed by atoms with van der Waals surface area (Å²) in [7, 11) is 0. The lowest BCUT2D eigenvalue weighted by Crippen LogP contribution is -2.38. The predicted molar refractivity (Wildman–Crippen MR) is 123 cm³/mol. The van der Waals surface area contributed by atoms with Gasteiger partial charge in [0, 0.05) is 55.7 Å². The molecule has 10 nitrogen and oxygen atoms in total. The Morgan fingerprint density at radius 3 is 2.62 bits per heavy atom. The average Bonchev–Trinajstić information content (AvgIpc) is 2.84. The molecule has 0 unspecified atom stereocenters. The molecule has 5 rings (SSSR count). The summed E-state index contributed by atoms with van der Waals surface area (Å²) in [6.45, 7) is 4.18. The summed E-state index contributed by atoms with van der Waals surface area (Å²) >= 11 is 0. The Hall–Kier alpha value is -3.37. The van der Waals surface area contributed by atoms with Gasteiger partial charge in [0.15, 0.2) is 0 Å². The Balaban J connectivity index is 1.61. The Kier molecular flexibility index (Phi) is 5.78. The van der Waals surface area contributed by atoms with Gasteiger partial charge in [-0.25, -0.2) is 15.0 Å². The number of ether oxygens (including phenoxy) is 2. The van der Waals surface area contributed by atoms with Crippen molar-refractivity contribution in [2.45, 2.75) is 18.9 Å². The van der Waals surface area contributed by atoms with Crippen molar-refractivity contribution in [3.05, 3.63) is 30.0 Å². The van der Waals surface area contributed by atoms with Crippen LogP contribution in [0.15, 0.2) is 24.4 Å². The minimum absolute atomic E-state index is 0.241. The molecule has 2 fully saturated rings. The highest BCUT2D eigenvalue weighted by Gasteiger charge is 2.23. The maximum Gasteiger partial charge on any atom is 0.228 e. The van der Waals surface area contributed by atoms with Crippen LogP contribution in [0.5, 0.6) is 0 Å². The molecule has 2 aliphatic heterocycles. The van der Waals surface area contributed by atoms with Gasteiger partial charge >= 0.3 is 0 Å². The van der Waals surface area contributed by atoms with Gasteiger partial charge in [-0.3, -0.25) is 0 Å². The molecule has 32 heavy (non-hydrogen) atoms. The number of hydrogen-bond donors (Lipinski definition) is 3. The normalized spacial score (nSPS) is 17.4. The fourth-order valence-electron chi connectivity index (χ4n) is 4.06. The van der Waals surface area contributed by atoms with E-state index in [1.165, 1.54) is 6.21 Å². The molecule has 10 heteroatoms. The molecule has 1 aromatic carbocycles. The van der Waals surface area contributed by atoms with Gasteiger partial charge in [0.25, 0.3) is 0 Å². The third kappa shape index (κ3) is 4.19. The molecule has 166 valence electrons. The van der Waals surface area contributed by atoms with Crippen LogP contribution in [-0.4, -0.2) is 71.7 Å². The van der Waals surface area contributed by atoms with Crippen LogP contribution in [0.1, 0.15) is 18.4 Å². The number of aromatic nitrogens is 4. The van der Waals surface area contributed by atoms with E-state index in [0.717, 1.165) is 55.6 Å².